The number of carbonyl (C=O) groups is 4. The number of carboxylic acids is 1. The van der Waals surface area contributed by atoms with Gasteiger partial charge in [-0.2, -0.15) is 0 Å². The van der Waals surface area contributed by atoms with Crippen molar-refractivity contribution < 1.29 is 79.8 Å². The van der Waals surface area contributed by atoms with Gasteiger partial charge in [0.2, 0.25) is 11.8 Å². The molecule has 4 saturated carbocycles. The number of amides is 2. The van der Waals surface area contributed by atoms with Gasteiger partial charge in [0.1, 0.15) is 29.6 Å². The van der Waals surface area contributed by atoms with E-state index in [0.29, 0.717) is 45.6 Å². The van der Waals surface area contributed by atoms with E-state index in [1.165, 1.54) is 31.4 Å². The Bertz CT molecular complexity index is 3270. The van der Waals surface area contributed by atoms with Crippen molar-refractivity contribution in [2.45, 2.75) is 111 Å². The fourth-order valence-electron chi connectivity index (χ4n) is 17.2. The lowest BCUT2D eigenvalue weighted by Gasteiger charge is -2.59. The van der Waals surface area contributed by atoms with Crippen LogP contribution >= 0.6 is 46.4 Å². The van der Waals surface area contributed by atoms with Gasteiger partial charge >= 0.3 is 5.97 Å². The summed E-state index contributed by atoms with van der Waals surface area (Å²) in [6, 6.07) is 18.5. The van der Waals surface area contributed by atoms with E-state index in [9.17, 15) is 47.0 Å². The highest BCUT2D eigenvalue weighted by molar-refractivity contribution is 6.32. The zero-order valence-electron chi connectivity index (χ0n) is 47.7. The number of hydrogen-bond acceptors (Lipinski definition) is 11. The third-order valence-corrected chi connectivity index (χ3v) is 21.5. The number of aliphatic hydroxyl groups is 2. The minimum absolute atomic E-state index is 0.00252. The number of methoxy groups -OCH3 is 2. The molecule has 12 atom stereocenters. The van der Waals surface area contributed by atoms with Gasteiger partial charge < -0.3 is 50.6 Å². The third-order valence-electron chi connectivity index (χ3n) is 20.5. The number of fused-ring (bicyclic) bond motifs is 6. The van der Waals surface area contributed by atoms with Crippen LogP contribution in [0.25, 0.3) is 0 Å². The molecule has 2 amide bonds. The highest BCUT2D eigenvalue weighted by Crippen LogP contribution is 2.79. The number of halogens is 10. The molecule has 8 aliphatic rings. The summed E-state index contributed by atoms with van der Waals surface area (Å²) in [5.74, 6) is -8.27. The first-order chi connectivity index (χ1) is 41.5. The molecule has 4 aliphatic heterocycles. The van der Waals surface area contributed by atoms with Crippen molar-refractivity contribution in [3.05, 3.63) is 127 Å². The zero-order valence-corrected chi connectivity index (χ0v) is 50.7. The number of alkyl halides is 4. The minimum atomic E-state index is -1.55. The number of benzene rings is 4. The second kappa shape index (κ2) is 25.2. The van der Waals surface area contributed by atoms with E-state index in [4.69, 9.17) is 76.2 Å². The van der Waals surface area contributed by atoms with Crippen LogP contribution in [0.1, 0.15) is 91.9 Å². The van der Waals surface area contributed by atoms with E-state index in [0.717, 1.165) is 6.42 Å². The minimum Gasteiger partial charge on any atom is -0.481 e. The number of nitrogens with two attached hydrogens (primary N) is 1. The fraction of sp³-hybridized carbons (Fsp3) is 0.556. The Kier molecular flexibility index (Phi) is 19.0. The molecular formula is C63H69Cl4F6N3O11. The number of carbonyl (C=O) groups excluding carboxylic acids is 3. The molecule has 4 heterocycles. The Labute approximate surface area is 519 Å². The second-order valence-corrected chi connectivity index (χ2v) is 27.0. The molecule has 12 rings (SSSR count). The van der Waals surface area contributed by atoms with Gasteiger partial charge in [0.05, 0.1) is 92.1 Å². The Morgan fingerprint density at radius 1 is 0.644 bits per heavy atom. The van der Waals surface area contributed by atoms with E-state index in [1.807, 2.05) is 0 Å². The molecule has 4 aromatic rings. The summed E-state index contributed by atoms with van der Waals surface area (Å²) in [5, 5.41) is 34.7. The molecule has 0 bridgehead atoms. The molecule has 4 aromatic carbocycles. The molecule has 4 aliphatic carbocycles. The number of aliphatic hydroxyl groups excluding tert-OH is 2. The van der Waals surface area contributed by atoms with Crippen molar-refractivity contribution in [2.24, 2.45) is 45.1 Å². The fourth-order valence-corrected chi connectivity index (χ4v) is 17.9. The van der Waals surface area contributed by atoms with Gasteiger partial charge in [-0.15, -0.1) is 0 Å². The van der Waals surface area contributed by atoms with Crippen LogP contribution in [0.4, 0.5) is 37.7 Å². The van der Waals surface area contributed by atoms with E-state index < -0.39 is 124 Å². The highest BCUT2D eigenvalue weighted by atomic mass is 35.5. The lowest BCUT2D eigenvalue weighted by atomic mass is 9.43. The first-order valence-corrected chi connectivity index (χ1v) is 30.4. The molecule has 472 valence electrons. The monoisotopic (exact) mass is 1300 g/mol. The molecule has 24 heteroatoms. The topological polar surface area (TPSA) is 216 Å². The van der Waals surface area contributed by atoms with E-state index in [-0.39, 0.29) is 116 Å². The van der Waals surface area contributed by atoms with E-state index in [1.54, 1.807) is 55.6 Å². The smallest absolute Gasteiger partial charge is 0.307 e. The Morgan fingerprint density at radius 2 is 1.07 bits per heavy atom. The van der Waals surface area contributed by atoms with Gasteiger partial charge in [-0.1, -0.05) is 82.8 Å². The number of anilines is 2. The van der Waals surface area contributed by atoms with Crippen LogP contribution in [0.15, 0.2) is 72.8 Å². The van der Waals surface area contributed by atoms with Crippen LogP contribution < -0.4 is 16.4 Å². The quantitative estimate of drug-likeness (QED) is 0.0650. The summed E-state index contributed by atoms with van der Waals surface area (Å²) < 4.78 is 109. The Morgan fingerprint density at radius 3 is 1.49 bits per heavy atom. The van der Waals surface area contributed by atoms with Crippen LogP contribution in [0, 0.1) is 51.0 Å². The summed E-state index contributed by atoms with van der Waals surface area (Å²) >= 11 is 24.7. The number of hydrogen-bond donors (Lipinski definition) is 6. The van der Waals surface area contributed by atoms with Crippen molar-refractivity contribution in [2.75, 3.05) is 78.0 Å². The molecule has 2 saturated heterocycles. The molecule has 87 heavy (non-hydrogen) atoms. The van der Waals surface area contributed by atoms with Crippen molar-refractivity contribution in [1.29, 1.82) is 0 Å². The van der Waals surface area contributed by atoms with Gasteiger partial charge in [-0.3, -0.25) is 36.7 Å². The van der Waals surface area contributed by atoms with Gasteiger partial charge in [-0.05, 0) is 127 Å². The maximum absolute atomic E-state index is 16.0. The van der Waals surface area contributed by atoms with Crippen molar-refractivity contribution in [3.63, 3.8) is 0 Å². The van der Waals surface area contributed by atoms with Crippen molar-refractivity contribution in [3.8, 4) is 0 Å². The number of Topliss-reactive ketones (excluding diaryl/α,β-unsaturated/α-hetero) is 1. The molecule has 0 radical (unpaired) electrons. The lowest BCUT2D eigenvalue weighted by molar-refractivity contribution is -0.145. The number of nitrogens with one attached hydrogen (secondary N) is 2. The van der Waals surface area contributed by atoms with Gasteiger partial charge in [0.25, 0.3) is 0 Å². The van der Waals surface area contributed by atoms with Crippen LogP contribution in [-0.4, -0.2) is 137 Å². The number of ketones is 1. The predicted octanol–water partition coefficient (Wildman–Crippen LogP) is 11.2. The average molecular weight is 1300 g/mol. The van der Waals surface area contributed by atoms with Crippen LogP contribution in [0.2, 0.25) is 20.1 Å². The first kappa shape index (κ1) is 65.4. The number of ether oxygens (including phenoxy) is 4. The molecule has 4 spiro atoms. The maximum atomic E-state index is 16.0. The predicted molar refractivity (Wildman–Crippen MR) is 313 cm³/mol. The summed E-state index contributed by atoms with van der Waals surface area (Å²) in [7, 11) is 3.12. The third kappa shape index (κ3) is 10.7. The molecular weight excluding hydrogens is 1230 g/mol. The largest absolute Gasteiger partial charge is 0.481 e. The number of carboxylic acid groups (broad SMARTS) is 1. The van der Waals surface area contributed by atoms with Gasteiger partial charge in [0, 0.05) is 76.7 Å². The molecule has 0 unspecified atom stereocenters. The first-order valence-electron chi connectivity index (χ1n) is 28.9. The summed E-state index contributed by atoms with van der Waals surface area (Å²) in [4.78, 5) is 55.0. The number of aliphatic carboxylic acids is 1. The van der Waals surface area contributed by atoms with Crippen molar-refractivity contribution in [1.82, 2.24) is 0 Å². The normalized spacial score (nSPS) is 31.6. The van der Waals surface area contributed by atoms with Crippen LogP contribution in [0.5, 0.6) is 0 Å². The lowest BCUT2D eigenvalue weighted by Crippen LogP contribution is -2.61. The second-order valence-electron chi connectivity index (χ2n) is 25.3. The SMILES string of the molecule is CO[C@@H]1C[C@@H](CC(=O)[C@@H]2CC3(CC(CF)(CF)C3)[C@@]3(C(=O)Nc4cc(Cl)ccc43)[C@H]2c2cccc(Cl)c2F)CO[C@@H]1CO.CO[C@@H]1C[C@@H](N)CO[C@@H]1CO.O=C(O)[C@@H]1CC2(CC(CF)(CF)C2)[C@@]2(C(=O)Nc3cc(Cl)ccc32)[C@H]1c1cccc(Cl)c1F. The molecule has 14 nitrogen and oxygen atoms in total. The maximum Gasteiger partial charge on any atom is 0.307 e. The van der Waals surface area contributed by atoms with Gasteiger partial charge in [-0.25, -0.2) is 8.78 Å². The molecule has 7 N–H and O–H groups in total. The van der Waals surface area contributed by atoms with E-state index >= 15 is 8.78 Å². The molecule has 6 fully saturated rings. The van der Waals surface area contributed by atoms with Crippen LogP contribution in [-0.2, 0) is 49.0 Å². The van der Waals surface area contributed by atoms with Crippen molar-refractivity contribution >= 4 is 81.3 Å². The summed E-state index contributed by atoms with van der Waals surface area (Å²) in [5.41, 5.74) is -0.101. The van der Waals surface area contributed by atoms with Crippen LogP contribution in [0.3, 0.4) is 0 Å². The zero-order chi connectivity index (χ0) is 62.8. The summed E-state index contributed by atoms with van der Waals surface area (Å²) in [6.07, 6.45) is 0.303. The standard InChI is InChI=1S/C32H34Cl2F3NO5.C24H20Cl2F3NO3.C7H15NO3/c1-42-25-8-17(12-43-26(25)11-39)7-24(40)20-10-31(13-30(14-31,15-35)16-36)32(27(20)19-3-2-4-22(34)28(19)37)21-6-5-18(33)9-23(21)38-29(32)41;25-12-4-5-15-17(6-12)30-21(33)24(15)18(13-2-1-3-16(26)19(13)29)14(20(31)32)7-23(24)8-22(9-23,10-27)11-28;1-10-6-2-5(8)4-11-7(6)3-9/h2-6,9,17,20,25-27,39H,7-8,10-16H2,1H3,(H,38,41);1-6,14,18H,7-11H2,(H,30,33)(H,31,32);5-7,9H,2-4,8H2,1H3/t17-,20+,25-,26-,27+,32-;14-,18+,24-;5-,6-,7-/m111/s1. The van der Waals surface area contributed by atoms with E-state index in [2.05, 4.69) is 10.6 Å². The molecule has 0 aromatic heterocycles. The Balaban J connectivity index is 0.000000168. The van der Waals surface area contributed by atoms with Gasteiger partial charge in [0.15, 0.2) is 0 Å². The highest BCUT2D eigenvalue weighted by Gasteiger charge is 2.79. The number of rotatable bonds is 14. The summed E-state index contributed by atoms with van der Waals surface area (Å²) in [6.45, 7) is -3.13. The Hall–Kier alpha value is -4.58. The average Bonchev–Trinajstić information content (AvgIpc) is 1.52.